The second kappa shape index (κ2) is 5.77. The van der Waals surface area contributed by atoms with Gasteiger partial charge >= 0.3 is 0 Å². The Morgan fingerprint density at radius 3 is 2.58 bits per heavy atom. The molecule has 0 aromatic carbocycles. The summed E-state index contributed by atoms with van der Waals surface area (Å²) in [5.41, 5.74) is 0. The van der Waals surface area contributed by atoms with Gasteiger partial charge in [-0.3, -0.25) is 15.0 Å². The molecular formula is C14H28N4O. The molecule has 0 bridgehead atoms. The van der Waals surface area contributed by atoms with Crippen LogP contribution in [-0.4, -0.2) is 79.1 Å². The van der Waals surface area contributed by atoms with Crippen molar-refractivity contribution >= 4 is 5.91 Å². The molecule has 3 unspecified atom stereocenters. The molecule has 2 saturated heterocycles. The normalized spacial score (nSPS) is 34.5. The second-order valence-corrected chi connectivity index (χ2v) is 6.45. The van der Waals surface area contributed by atoms with E-state index >= 15 is 0 Å². The molecule has 3 atom stereocenters. The number of carbonyl (C=O) groups is 1. The lowest BCUT2D eigenvalue weighted by molar-refractivity contribution is -0.131. The number of hydrogen-bond acceptors (Lipinski definition) is 4. The van der Waals surface area contributed by atoms with Crippen LogP contribution < -0.4 is 5.32 Å². The van der Waals surface area contributed by atoms with E-state index in [9.17, 15) is 4.79 Å². The minimum Gasteiger partial charge on any atom is -0.324 e. The van der Waals surface area contributed by atoms with Gasteiger partial charge in [-0.25, -0.2) is 0 Å². The maximum Gasteiger partial charge on any atom is 0.241 e. The summed E-state index contributed by atoms with van der Waals surface area (Å²) < 4.78 is 0. The molecule has 1 N–H and O–H groups in total. The van der Waals surface area contributed by atoms with E-state index < -0.39 is 0 Å². The van der Waals surface area contributed by atoms with E-state index in [1.807, 2.05) is 4.90 Å². The Morgan fingerprint density at radius 2 is 2.00 bits per heavy atom. The van der Waals surface area contributed by atoms with Gasteiger partial charge in [-0.15, -0.1) is 0 Å². The number of hydrogen-bond donors (Lipinski definition) is 1. The van der Waals surface area contributed by atoms with Crippen molar-refractivity contribution in [2.45, 2.75) is 39.0 Å². The zero-order valence-corrected chi connectivity index (χ0v) is 12.9. The topological polar surface area (TPSA) is 38.8 Å². The Hall–Kier alpha value is -0.650. The molecule has 2 fully saturated rings. The van der Waals surface area contributed by atoms with Gasteiger partial charge in [0, 0.05) is 32.2 Å². The maximum absolute atomic E-state index is 12.5. The predicted molar refractivity (Wildman–Crippen MR) is 76.9 cm³/mol. The Labute approximate surface area is 116 Å². The fraction of sp³-hybridized carbons (Fsp3) is 0.929. The molecule has 5 nitrogen and oxygen atoms in total. The minimum atomic E-state index is -0.0124. The summed E-state index contributed by atoms with van der Waals surface area (Å²) >= 11 is 0. The SMILES string of the molecule is CC(C)C1NC(C)N(CC2CN(C)CCN2C)C1=O. The van der Waals surface area contributed by atoms with Crippen LogP contribution in [0.3, 0.4) is 0 Å². The summed E-state index contributed by atoms with van der Waals surface area (Å²) in [6, 6.07) is 0.430. The average molecular weight is 268 g/mol. The highest BCUT2D eigenvalue weighted by atomic mass is 16.2. The fourth-order valence-corrected chi connectivity index (χ4v) is 3.04. The summed E-state index contributed by atoms with van der Waals surface area (Å²) in [6.07, 6.45) is 0.153. The molecule has 0 saturated carbocycles. The van der Waals surface area contributed by atoms with Crippen molar-refractivity contribution in [1.29, 1.82) is 0 Å². The van der Waals surface area contributed by atoms with Crippen LogP contribution in [-0.2, 0) is 4.79 Å². The van der Waals surface area contributed by atoms with E-state index in [0.29, 0.717) is 12.0 Å². The molecule has 0 aromatic rings. The van der Waals surface area contributed by atoms with Crippen LogP contribution in [0.5, 0.6) is 0 Å². The highest BCUT2D eigenvalue weighted by Crippen LogP contribution is 2.18. The maximum atomic E-state index is 12.5. The summed E-state index contributed by atoms with van der Waals surface area (Å²) in [5, 5.41) is 3.41. The molecule has 110 valence electrons. The number of rotatable bonds is 3. The molecule has 2 aliphatic rings. The highest BCUT2D eigenvalue weighted by Gasteiger charge is 2.39. The van der Waals surface area contributed by atoms with Crippen LogP contribution in [0.2, 0.25) is 0 Å². The van der Waals surface area contributed by atoms with Crippen LogP contribution in [0.1, 0.15) is 20.8 Å². The third-order valence-corrected chi connectivity index (χ3v) is 4.49. The molecule has 5 heteroatoms. The zero-order valence-electron chi connectivity index (χ0n) is 12.9. The molecular weight excluding hydrogens is 240 g/mol. The predicted octanol–water partition coefficient (Wildman–Crippen LogP) is 0.0346. The third kappa shape index (κ3) is 3.09. The largest absolute Gasteiger partial charge is 0.324 e. The highest BCUT2D eigenvalue weighted by molar-refractivity contribution is 5.84. The lowest BCUT2D eigenvalue weighted by Gasteiger charge is -2.40. The van der Waals surface area contributed by atoms with E-state index in [0.717, 1.165) is 26.2 Å². The first-order valence-corrected chi connectivity index (χ1v) is 7.35. The van der Waals surface area contributed by atoms with Crippen molar-refractivity contribution in [2.75, 3.05) is 40.3 Å². The van der Waals surface area contributed by atoms with E-state index in [-0.39, 0.29) is 18.1 Å². The fourth-order valence-electron chi connectivity index (χ4n) is 3.04. The van der Waals surface area contributed by atoms with Crippen molar-refractivity contribution in [3.63, 3.8) is 0 Å². The lowest BCUT2D eigenvalue weighted by atomic mass is 10.0. The van der Waals surface area contributed by atoms with Crippen molar-refractivity contribution in [2.24, 2.45) is 5.92 Å². The molecule has 2 heterocycles. The Balaban J connectivity index is 2.00. The number of nitrogens with zero attached hydrogens (tertiary/aromatic N) is 3. The Morgan fingerprint density at radius 1 is 1.32 bits per heavy atom. The van der Waals surface area contributed by atoms with E-state index in [4.69, 9.17) is 0 Å². The van der Waals surface area contributed by atoms with Crippen molar-refractivity contribution in [3.05, 3.63) is 0 Å². The first kappa shape index (κ1) is 14.8. The monoisotopic (exact) mass is 268 g/mol. The van der Waals surface area contributed by atoms with Gasteiger partial charge in [0.1, 0.15) is 0 Å². The zero-order chi connectivity index (χ0) is 14.2. The quantitative estimate of drug-likeness (QED) is 0.784. The van der Waals surface area contributed by atoms with E-state index in [1.165, 1.54) is 0 Å². The van der Waals surface area contributed by atoms with Gasteiger partial charge in [-0.05, 0) is 26.9 Å². The van der Waals surface area contributed by atoms with Gasteiger partial charge in [0.15, 0.2) is 0 Å². The molecule has 0 aliphatic carbocycles. The molecule has 2 rings (SSSR count). The van der Waals surface area contributed by atoms with Gasteiger partial charge < -0.3 is 9.80 Å². The summed E-state index contributed by atoms with van der Waals surface area (Å²) in [6.45, 7) is 10.4. The van der Waals surface area contributed by atoms with Gasteiger partial charge in [0.2, 0.25) is 5.91 Å². The van der Waals surface area contributed by atoms with E-state index in [2.05, 4.69) is 50.0 Å². The smallest absolute Gasteiger partial charge is 0.241 e. The first-order valence-electron chi connectivity index (χ1n) is 7.35. The van der Waals surface area contributed by atoms with Gasteiger partial charge in [-0.2, -0.15) is 0 Å². The number of nitrogens with one attached hydrogen (secondary N) is 1. The van der Waals surface area contributed by atoms with Crippen molar-refractivity contribution < 1.29 is 4.79 Å². The molecule has 0 radical (unpaired) electrons. The Bertz CT molecular complexity index is 333. The second-order valence-electron chi connectivity index (χ2n) is 6.45. The van der Waals surface area contributed by atoms with E-state index in [1.54, 1.807) is 0 Å². The average Bonchev–Trinajstić information content (AvgIpc) is 2.62. The van der Waals surface area contributed by atoms with Crippen LogP contribution >= 0.6 is 0 Å². The van der Waals surface area contributed by atoms with Crippen molar-refractivity contribution in [3.8, 4) is 0 Å². The molecule has 0 spiro atoms. The number of likely N-dealkylation sites (N-methyl/N-ethyl adjacent to an activating group) is 2. The van der Waals surface area contributed by atoms with Crippen molar-refractivity contribution in [1.82, 2.24) is 20.0 Å². The van der Waals surface area contributed by atoms with Crippen LogP contribution in [0.15, 0.2) is 0 Å². The standard InChI is InChI=1S/C14H28N4O/c1-10(2)13-14(19)18(11(3)15-13)9-12-8-16(4)6-7-17(12)5/h10-13,15H,6-9H2,1-5H3. The van der Waals surface area contributed by atoms with Crippen LogP contribution in [0.4, 0.5) is 0 Å². The molecule has 0 aromatic heterocycles. The van der Waals surface area contributed by atoms with Gasteiger partial charge in [0.05, 0.1) is 12.2 Å². The van der Waals surface area contributed by atoms with Gasteiger partial charge in [-0.1, -0.05) is 13.8 Å². The van der Waals surface area contributed by atoms with Gasteiger partial charge in [0.25, 0.3) is 0 Å². The van der Waals surface area contributed by atoms with Crippen LogP contribution in [0.25, 0.3) is 0 Å². The lowest BCUT2D eigenvalue weighted by Crippen LogP contribution is -2.55. The third-order valence-electron chi connectivity index (χ3n) is 4.49. The first-order chi connectivity index (χ1) is 8.90. The Kier molecular flexibility index (Phi) is 4.48. The molecule has 2 aliphatic heterocycles. The minimum absolute atomic E-state index is 0.0124. The van der Waals surface area contributed by atoms with Crippen LogP contribution in [0, 0.1) is 5.92 Å². The number of carbonyl (C=O) groups excluding carboxylic acids is 1. The summed E-state index contributed by atoms with van der Waals surface area (Å²) in [4.78, 5) is 19.2. The molecule has 19 heavy (non-hydrogen) atoms. The number of amides is 1. The molecule has 1 amide bonds. The number of piperazine rings is 1. The summed E-state index contributed by atoms with van der Waals surface area (Å²) in [7, 11) is 4.32. The summed E-state index contributed by atoms with van der Waals surface area (Å²) in [5.74, 6) is 0.621.